The lowest BCUT2D eigenvalue weighted by molar-refractivity contribution is -0.0585. The number of aryl methyl sites for hydroxylation is 1. The third-order valence-corrected chi connectivity index (χ3v) is 5.16. The molecule has 6 heteroatoms. The number of carbonyl (C=O) groups is 1. The smallest absolute Gasteiger partial charge is 0.266 e. The fourth-order valence-corrected chi connectivity index (χ4v) is 4.06. The van der Waals surface area contributed by atoms with Crippen molar-refractivity contribution < 1.29 is 13.9 Å². The molecule has 2 heterocycles. The molecule has 2 atom stereocenters. The highest BCUT2D eigenvalue weighted by molar-refractivity contribution is 7.13. The number of amides is 1. The van der Waals surface area contributed by atoms with E-state index in [1.807, 2.05) is 25.7 Å². The third-order valence-electron chi connectivity index (χ3n) is 4.01. The number of rotatable bonds is 3. The second-order valence-electron chi connectivity index (χ2n) is 6.29. The molecule has 0 saturated carbocycles. The number of aromatic nitrogens is 1. The second kappa shape index (κ2) is 6.99. The van der Waals surface area contributed by atoms with Gasteiger partial charge in [0.15, 0.2) is 0 Å². The van der Waals surface area contributed by atoms with Gasteiger partial charge in [-0.15, -0.1) is 11.3 Å². The Morgan fingerprint density at radius 1 is 1.29 bits per heavy atom. The average Bonchev–Trinajstić information content (AvgIpc) is 2.88. The van der Waals surface area contributed by atoms with E-state index >= 15 is 0 Å². The Labute approximate surface area is 145 Å². The summed E-state index contributed by atoms with van der Waals surface area (Å²) in [4.78, 5) is 19.9. The molecule has 1 aliphatic heterocycles. The van der Waals surface area contributed by atoms with E-state index in [0.29, 0.717) is 24.4 Å². The Balaban J connectivity index is 1.75. The van der Waals surface area contributed by atoms with E-state index in [4.69, 9.17) is 4.74 Å². The van der Waals surface area contributed by atoms with Crippen LogP contribution in [0.5, 0.6) is 0 Å². The summed E-state index contributed by atoms with van der Waals surface area (Å²) >= 11 is 1.43. The van der Waals surface area contributed by atoms with Crippen LogP contribution in [0.3, 0.4) is 0 Å². The van der Waals surface area contributed by atoms with Gasteiger partial charge in [-0.2, -0.15) is 0 Å². The Hall–Kier alpha value is -1.79. The summed E-state index contributed by atoms with van der Waals surface area (Å²) in [6, 6.07) is 6.38. The monoisotopic (exact) mass is 348 g/mol. The standard InChI is InChI=1S/C18H21FN2O2S/c1-11-9-21(10-12(2)23-11)18(22)17-13(3)20-16(24-17)8-14-4-6-15(19)7-5-14/h4-7,11-12H,8-10H2,1-3H3/t11-,12-/m0/s1. The average molecular weight is 348 g/mol. The first kappa shape index (κ1) is 17.0. The first-order valence-corrected chi connectivity index (χ1v) is 8.89. The van der Waals surface area contributed by atoms with E-state index in [0.717, 1.165) is 16.3 Å². The molecule has 1 fully saturated rings. The highest BCUT2D eigenvalue weighted by Crippen LogP contribution is 2.24. The van der Waals surface area contributed by atoms with Crippen LogP contribution in [0.1, 0.15) is 39.8 Å². The number of ether oxygens (including phenoxy) is 1. The van der Waals surface area contributed by atoms with E-state index in [-0.39, 0.29) is 23.9 Å². The zero-order chi connectivity index (χ0) is 17.3. The van der Waals surface area contributed by atoms with Gasteiger partial charge >= 0.3 is 0 Å². The van der Waals surface area contributed by atoms with Gasteiger partial charge in [-0.05, 0) is 38.5 Å². The Kier molecular flexibility index (Phi) is 4.96. The highest BCUT2D eigenvalue weighted by Gasteiger charge is 2.28. The normalized spacial score (nSPS) is 21.1. The van der Waals surface area contributed by atoms with Crippen LogP contribution in [-0.4, -0.2) is 41.1 Å². The van der Waals surface area contributed by atoms with Crippen molar-refractivity contribution >= 4 is 17.2 Å². The van der Waals surface area contributed by atoms with Crippen LogP contribution in [-0.2, 0) is 11.2 Å². The van der Waals surface area contributed by atoms with Gasteiger partial charge in [0.1, 0.15) is 10.7 Å². The molecule has 24 heavy (non-hydrogen) atoms. The van der Waals surface area contributed by atoms with E-state index < -0.39 is 0 Å². The lowest BCUT2D eigenvalue weighted by Crippen LogP contribution is -2.48. The largest absolute Gasteiger partial charge is 0.372 e. The number of benzene rings is 1. The first-order chi connectivity index (χ1) is 11.4. The molecular weight excluding hydrogens is 327 g/mol. The van der Waals surface area contributed by atoms with E-state index in [2.05, 4.69) is 4.98 Å². The predicted molar refractivity (Wildman–Crippen MR) is 92.0 cm³/mol. The summed E-state index contributed by atoms with van der Waals surface area (Å²) in [7, 11) is 0. The minimum Gasteiger partial charge on any atom is -0.372 e. The summed E-state index contributed by atoms with van der Waals surface area (Å²) in [6.45, 7) is 7.04. The number of thiazole rings is 1. The van der Waals surface area contributed by atoms with Gasteiger partial charge in [-0.3, -0.25) is 4.79 Å². The maximum absolute atomic E-state index is 13.0. The number of hydrogen-bond acceptors (Lipinski definition) is 4. The zero-order valence-corrected chi connectivity index (χ0v) is 14.9. The molecule has 1 aromatic carbocycles. The van der Waals surface area contributed by atoms with Crippen LogP contribution in [0.25, 0.3) is 0 Å². The minimum absolute atomic E-state index is 0.0253. The number of morpholine rings is 1. The van der Waals surface area contributed by atoms with Gasteiger partial charge in [0.05, 0.1) is 22.9 Å². The molecule has 1 amide bonds. The summed E-state index contributed by atoms with van der Waals surface area (Å²) < 4.78 is 18.7. The van der Waals surface area contributed by atoms with Crippen LogP contribution >= 0.6 is 11.3 Å². The number of nitrogens with zero attached hydrogens (tertiary/aromatic N) is 2. The van der Waals surface area contributed by atoms with Crippen molar-refractivity contribution in [2.75, 3.05) is 13.1 Å². The summed E-state index contributed by atoms with van der Waals surface area (Å²) in [5.74, 6) is -0.224. The van der Waals surface area contributed by atoms with Crippen molar-refractivity contribution in [1.29, 1.82) is 0 Å². The van der Waals surface area contributed by atoms with Crippen molar-refractivity contribution in [1.82, 2.24) is 9.88 Å². The van der Waals surface area contributed by atoms with Crippen LogP contribution in [0, 0.1) is 12.7 Å². The molecule has 128 valence electrons. The van der Waals surface area contributed by atoms with Crippen molar-refractivity contribution in [3.05, 3.63) is 51.2 Å². The van der Waals surface area contributed by atoms with Crippen molar-refractivity contribution in [2.24, 2.45) is 0 Å². The quantitative estimate of drug-likeness (QED) is 0.853. The molecule has 0 aliphatic carbocycles. The number of halogens is 1. The molecule has 0 N–H and O–H groups in total. The van der Waals surface area contributed by atoms with E-state index in [1.54, 1.807) is 12.1 Å². The van der Waals surface area contributed by atoms with Gasteiger partial charge in [0, 0.05) is 19.5 Å². The lowest BCUT2D eigenvalue weighted by atomic mass is 10.1. The van der Waals surface area contributed by atoms with Gasteiger partial charge in [0.2, 0.25) is 0 Å². The van der Waals surface area contributed by atoms with Gasteiger partial charge in [-0.1, -0.05) is 12.1 Å². The maximum atomic E-state index is 13.0. The summed E-state index contributed by atoms with van der Waals surface area (Å²) in [5.41, 5.74) is 1.74. The molecular formula is C18H21FN2O2S. The fourth-order valence-electron chi connectivity index (χ4n) is 2.99. The molecule has 4 nitrogen and oxygen atoms in total. The SMILES string of the molecule is Cc1nc(Cc2ccc(F)cc2)sc1C(=O)N1C[C@H](C)O[C@@H](C)C1. The maximum Gasteiger partial charge on any atom is 0.266 e. The molecule has 2 aromatic rings. The van der Waals surface area contributed by atoms with Crippen LogP contribution in [0.2, 0.25) is 0 Å². The Bertz CT molecular complexity index is 719. The summed E-state index contributed by atoms with van der Waals surface area (Å²) in [6.07, 6.45) is 0.698. The Morgan fingerprint density at radius 2 is 1.92 bits per heavy atom. The van der Waals surface area contributed by atoms with Crippen molar-refractivity contribution in [3.63, 3.8) is 0 Å². The van der Waals surface area contributed by atoms with Crippen molar-refractivity contribution in [2.45, 2.75) is 39.4 Å². The fraction of sp³-hybridized carbons (Fsp3) is 0.444. The van der Waals surface area contributed by atoms with Gasteiger partial charge in [0.25, 0.3) is 5.91 Å². The zero-order valence-electron chi connectivity index (χ0n) is 14.1. The van der Waals surface area contributed by atoms with E-state index in [1.165, 1.54) is 23.5 Å². The summed E-state index contributed by atoms with van der Waals surface area (Å²) in [5, 5.41) is 0.872. The molecule has 0 radical (unpaired) electrons. The number of carbonyl (C=O) groups excluding carboxylic acids is 1. The van der Waals surface area contributed by atoms with Gasteiger partial charge < -0.3 is 9.64 Å². The molecule has 0 unspecified atom stereocenters. The van der Waals surface area contributed by atoms with Gasteiger partial charge in [-0.25, -0.2) is 9.37 Å². The second-order valence-corrected chi connectivity index (χ2v) is 7.38. The molecule has 1 aromatic heterocycles. The molecule has 1 saturated heterocycles. The predicted octanol–water partition coefficient (Wildman–Crippen LogP) is 3.43. The third kappa shape index (κ3) is 3.82. The van der Waals surface area contributed by atoms with Crippen LogP contribution in [0.4, 0.5) is 4.39 Å². The molecule has 0 spiro atoms. The first-order valence-electron chi connectivity index (χ1n) is 8.08. The topological polar surface area (TPSA) is 42.4 Å². The van der Waals surface area contributed by atoms with Crippen LogP contribution in [0.15, 0.2) is 24.3 Å². The molecule has 0 bridgehead atoms. The highest BCUT2D eigenvalue weighted by atomic mass is 32.1. The molecule has 3 rings (SSSR count). The van der Waals surface area contributed by atoms with Crippen molar-refractivity contribution in [3.8, 4) is 0 Å². The lowest BCUT2D eigenvalue weighted by Gasteiger charge is -2.35. The van der Waals surface area contributed by atoms with Crippen LogP contribution < -0.4 is 0 Å². The Morgan fingerprint density at radius 3 is 2.54 bits per heavy atom. The van der Waals surface area contributed by atoms with E-state index in [9.17, 15) is 9.18 Å². The number of hydrogen-bond donors (Lipinski definition) is 0. The minimum atomic E-state index is -0.250. The molecule has 1 aliphatic rings.